The SMILES string of the molecule is CCC(NC(=O)c1cc(=O)[nH]c(N2CCCC2)n1)c1ccc(SC(F)(F)F)c(F)c1. The molecule has 1 aliphatic rings. The van der Waals surface area contributed by atoms with Crippen LogP contribution < -0.4 is 15.8 Å². The number of halogens is 4. The highest BCUT2D eigenvalue weighted by Crippen LogP contribution is 2.38. The molecule has 0 bridgehead atoms. The van der Waals surface area contributed by atoms with E-state index in [1.54, 1.807) is 6.92 Å². The van der Waals surface area contributed by atoms with Gasteiger partial charge in [-0.2, -0.15) is 13.2 Å². The molecule has 1 saturated heterocycles. The van der Waals surface area contributed by atoms with Crippen LogP contribution in [0.5, 0.6) is 0 Å². The summed E-state index contributed by atoms with van der Waals surface area (Å²) in [7, 11) is 0. The number of hydrogen-bond acceptors (Lipinski definition) is 5. The molecule has 1 amide bonds. The number of benzene rings is 1. The molecule has 1 aliphatic heterocycles. The normalized spacial score (nSPS) is 15.3. The zero-order valence-corrected chi connectivity index (χ0v) is 16.9. The number of nitrogens with one attached hydrogen (secondary N) is 2. The van der Waals surface area contributed by atoms with Gasteiger partial charge in [-0.05, 0) is 48.7 Å². The van der Waals surface area contributed by atoms with Crippen LogP contribution in [0.25, 0.3) is 0 Å². The van der Waals surface area contributed by atoms with Gasteiger partial charge in [-0.1, -0.05) is 13.0 Å². The molecule has 0 aliphatic carbocycles. The molecule has 1 unspecified atom stereocenters. The van der Waals surface area contributed by atoms with Crippen molar-refractivity contribution < 1.29 is 22.4 Å². The van der Waals surface area contributed by atoms with Crippen molar-refractivity contribution in [3.8, 4) is 0 Å². The maximum atomic E-state index is 14.1. The van der Waals surface area contributed by atoms with Gasteiger partial charge in [-0.15, -0.1) is 0 Å². The first-order chi connectivity index (χ1) is 14.2. The number of carbonyl (C=O) groups is 1. The van der Waals surface area contributed by atoms with E-state index in [4.69, 9.17) is 0 Å². The maximum Gasteiger partial charge on any atom is 0.446 e. The Morgan fingerprint density at radius 3 is 2.60 bits per heavy atom. The summed E-state index contributed by atoms with van der Waals surface area (Å²) in [6.07, 6.45) is 2.29. The number of H-pyrrole nitrogens is 1. The van der Waals surface area contributed by atoms with E-state index in [-0.39, 0.29) is 5.69 Å². The molecular formula is C19H20F4N4O2S. The standard InChI is InChI=1S/C19H20F4N4O2S/c1-2-13(11-5-6-15(12(20)9-11)30-19(21,22)23)24-17(29)14-10-16(28)26-18(25-14)27-7-3-4-8-27/h5-6,9-10,13H,2-4,7-8H2,1H3,(H,24,29)(H,25,26,28). The van der Waals surface area contributed by atoms with E-state index >= 15 is 0 Å². The fourth-order valence-corrected chi connectivity index (χ4v) is 3.78. The Morgan fingerprint density at radius 1 is 1.30 bits per heavy atom. The van der Waals surface area contributed by atoms with Gasteiger partial charge in [0.05, 0.1) is 10.9 Å². The van der Waals surface area contributed by atoms with Gasteiger partial charge in [0.1, 0.15) is 11.5 Å². The van der Waals surface area contributed by atoms with E-state index in [0.29, 0.717) is 17.9 Å². The van der Waals surface area contributed by atoms with Crippen LogP contribution in [-0.4, -0.2) is 34.5 Å². The van der Waals surface area contributed by atoms with Crippen molar-refractivity contribution in [1.82, 2.24) is 15.3 Å². The molecule has 2 heterocycles. The summed E-state index contributed by atoms with van der Waals surface area (Å²) in [5, 5.41) is 2.67. The molecule has 11 heteroatoms. The number of nitrogens with zero attached hydrogens (tertiary/aromatic N) is 2. The van der Waals surface area contributed by atoms with Crippen molar-refractivity contribution in [3.05, 3.63) is 51.7 Å². The fraction of sp³-hybridized carbons (Fsp3) is 0.421. The van der Waals surface area contributed by atoms with Gasteiger partial charge in [-0.3, -0.25) is 14.6 Å². The number of aromatic nitrogens is 2. The Hall–Kier alpha value is -2.56. The van der Waals surface area contributed by atoms with Gasteiger partial charge >= 0.3 is 5.51 Å². The lowest BCUT2D eigenvalue weighted by molar-refractivity contribution is -0.0329. The average molecular weight is 444 g/mol. The first-order valence-electron chi connectivity index (χ1n) is 9.38. The van der Waals surface area contributed by atoms with Crippen LogP contribution >= 0.6 is 11.8 Å². The third kappa shape index (κ3) is 5.53. The quantitative estimate of drug-likeness (QED) is 0.520. The molecular weight excluding hydrogens is 424 g/mol. The minimum absolute atomic E-state index is 0.0798. The third-order valence-electron chi connectivity index (χ3n) is 4.66. The minimum atomic E-state index is -4.60. The van der Waals surface area contributed by atoms with Crippen LogP contribution in [-0.2, 0) is 0 Å². The second kappa shape index (κ2) is 9.07. The fourth-order valence-electron chi connectivity index (χ4n) is 3.23. The predicted octanol–water partition coefficient (Wildman–Crippen LogP) is 4.00. The van der Waals surface area contributed by atoms with E-state index in [1.165, 1.54) is 6.07 Å². The molecule has 0 saturated carbocycles. The molecule has 30 heavy (non-hydrogen) atoms. The Morgan fingerprint density at radius 2 is 2.00 bits per heavy atom. The molecule has 0 spiro atoms. The largest absolute Gasteiger partial charge is 0.446 e. The van der Waals surface area contributed by atoms with Gasteiger partial charge in [0.15, 0.2) is 0 Å². The highest BCUT2D eigenvalue weighted by Gasteiger charge is 2.31. The molecule has 3 rings (SSSR count). The Kier molecular flexibility index (Phi) is 6.69. The average Bonchev–Trinajstić information content (AvgIpc) is 3.21. The number of rotatable bonds is 6. The molecule has 2 aromatic rings. The van der Waals surface area contributed by atoms with Crippen molar-refractivity contribution in [2.45, 2.75) is 42.6 Å². The van der Waals surface area contributed by atoms with Crippen molar-refractivity contribution in [2.24, 2.45) is 0 Å². The minimum Gasteiger partial charge on any atom is -0.344 e. The zero-order valence-electron chi connectivity index (χ0n) is 16.1. The van der Waals surface area contributed by atoms with Crippen LogP contribution in [0.1, 0.15) is 48.3 Å². The van der Waals surface area contributed by atoms with Crippen molar-refractivity contribution in [1.29, 1.82) is 0 Å². The Bertz CT molecular complexity index is 974. The Balaban J connectivity index is 1.78. The number of thioether (sulfide) groups is 1. The first-order valence-corrected chi connectivity index (χ1v) is 10.2. The summed E-state index contributed by atoms with van der Waals surface area (Å²) < 4.78 is 51.6. The third-order valence-corrected chi connectivity index (χ3v) is 5.45. The lowest BCUT2D eigenvalue weighted by Crippen LogP contribution is -2.32. The van der Waals surface area contributed by atoms with Gasteiger partial charge < -0.3 is 10.2 Å². The van der Waals surface area contributed by atoms with Crippen molar-refractivity contribution in [3.63, 3.8) is 0 Å². The van der Waals surface area contributed by atoms with Crippen LogP contribution in [0.4, 0.5) is 23.5 Å². The lowest BCUT2D eigenvalue weighted by Gasteiger charge is -2.19. The summed E-state index contributed by atoms with van der Waals surface area (Å²) in [6, 6.07) is 3.77. The number of anilines is 1. The second-order valence-electron chi connectivity index (χ2n) is 6.82. The molecule has 1 fully saturated rings. The second-order valence-corrected chi connectivity index (χ2v) is 7.93. The number of aromatic amines is 1. The molecule has 1 aromatic heterocycles. The van der Waals surface area contributed by atoms with E-state index in [1.807, 2.05) is 4.90 Å². The maximum absolute atomic E-state index is 14.1. The molecule has 1 atom stereocenters. The van der Waals surface area contributed by atoms with E-state index in [9.17, 15) is 27.2 Å². The summed E-state index contributed by atoms with van der Waals surface area (Å²) in [5.74, 6) is -1.33. The van der Waals surface area contributed by atoms with Gasteiger partial charge in [0.25, 0.3) is 11.5 Å². The van der Waals surface area contributed by atoms with Gasteiger partial charge in [0, 0.05) is 19.2 Å². The highest BCUT2D eigenvalue weighted by atomic mass is 32.2. The summed E-state index contributed by atoms with van der Waals surface area (Å²) in [4.78, 5) is 32.8. The molecule has 6 nitrogen and oxygen atoms in total. The van der Waals surface area contributed by atoms with Crippen LogP contribution in [0.3, 0.4) is 0 Å². The highest BCUT2D eigenvalue weighted by molar-refractivity contribution is 8.00. The number of hydrogen-bond donors (Lipinski definition) is 2. The number of alkyl halides is 3. The lowest BCUT2D eigenvalue weighted by atomic mass is 10.0. The van der Waals surface area contributed by atoms with Crippen molar-refractivity contribution >= 4 is 23.6 Å². The summed E-state index contributed by atoms with van der Waals surface area (Å²) in [5.41, 5.74) is -4.83. The van der Waals surface area contributed by atoms with Gasteiger partial charge in [0.2, 0.25) is 5.95 Å². The van der Waals surface area contributed by atoms with Gasteiger partial charge in [-0.25, -0.2) is 9.37 Å². The van der Waals surface area contributed by atoms with Crippen LogP contribution in [0, 0.1) is 5.82 Å². The number of amides is 1. The summed E-state index contributed by atoms with van der Waals surface area (Å²) >= 11 is -0.534. The zero-order chi connectivity index (χ0) is 21.9. The molecule has 0 radical (unpaired) electrons. The molecule has 2 N–H and O–H groups in total. The molecule has 162 valence electrons. The number of carbonyl (C=O) groups excluding carboxylic acids is 1. The topological polar surface area (TPSA) is 78.1 Å². The monoisotopic (exact) mass is 444 g/mol. The predicted molar refractivity (Wildman–Crippen MR) is 105 cm³/mol. The van der Waals surface area contributed by atoms with E-state index in [0.717, 1.165) is 44.1 Å². The Labute approximate surface area is 174 Å². The van der Waals surface area contributed by atoms with Crippen LogP contribution in [0.2, 0.25) is 0 Å². The first kappa shape index (κ1) is 22.1. The van der Waals surface area contributed by atoms with Crippen molar-refractivity contribution in [2.75, 3.05) is 18.0 Å². The van der Waals surface area contributed by atoms with E-state index in [2.05, 4.69) is 15.3 Å². The van der Waals surface area contributed by atoms with Crippen LogP contribution in [0.15, 0.2) is 34.0 Å². The molecule has 1 aromatic carbocycles. The smallest absolute Gasteiger partial charge is 0.344 e. The summed E-state index contributed by atoms with van der Waals surface area (Å²) in [6.45, 7) is 3.20. The van der Waals surface area contributed by atoms with E-state index < -0.39 is 45.5 Å².